The Balaban J connectivity index is 2.11. The van der Waals surface area contributed by atoms with Gasteiger partial charge in [-0.1, -0.05) is 4.48 Å². The molecular formula is C10H12FN5O4. The highest BCUT2D eigenvalue weighted by molar-refractivity contribution is 5.68. The summed E-state index contributed by atoms with van der Waals surface area (Å²) in [5, 5.41) is 36.2. The number of hydrogen-bond donors (Lipinski definition) is 5. The maximum absolute atomic E-state index is 14.2. The number of aliphatic hydroxyl groups excluding tert-OH is 3. The zero-order valence-corrected chi connectivity index (χ0v) is 10.1. The number of aromatic nitrogens is 4. The lowest BCUT2D eigenvalue weighted by molar-refractivity contribution is -0.0286. The molecule has 10 heteroatoms. The fourth-order valence-corrected chi connectivity index (χ4v) is 2.22. The van der Waals surface area contributed by atoms with Crippen LogP contribution in [0, 0.1) is 5.41 Å². The van der Waals surface area contributed by atoms with Crippen LogP contribution in [0.1, 0.15) is 11.9 Å². The van der Waals surface area contributed by atoms with E-state index in [4.69, 9.17) is 15.3 Å². The van der Waals surface area contributed by atoms with Gasteiger partial charge in [0.15, 0.2) is 17.0 Å². The molecule has 108 valence electrons. The molecule has 1 unspecified atom stereocenters. The third-order valence-corrected chi connectivity index (χ3v) is 3.27. The van der Waals surface area contributed by atoms with E-state index >= 15 is 0 Å². The second-order valence-corrected chi connectivity index (χ2v) is 4.46. The average Bonchev–Trinajstić information content (AvgIpc) is 3.02. The highest BCUT2D eigenvalue weighted by Crippen LogP contribution is 2.32. The summed E-state index contributed by atoms with van der Waals surface area (Å²) in [5.74, 6) is -0.392. The van der Waals surface area contributed by atoms with Crippen molar-refractivity contribution in [2.24, 2.45) is 0 Å². The summed E-state index contributed by atoms with van der Waals surface area (Å²) in [5.41, 5.74) is -0.333. The molecule has 0 bridgehead atoms. The fraction of sp³-hybridized carbons (Fsp3) is 0.500. The molecule has 0 spiro atoms. The summed E-state index contributed by atoms with van der Waals surface area (Å²) in [6.07, 6.45) is -3.95. The predicted molar refractivity (Wildman–Crippen MR) is 61.0 cm³/mol. The molecular weight excluding hydrogens is 273 g/mol. The molecule has 20 heavy (non-hydrogen) atoms. The Morgan fingerprint density at radius 2 is 2.20 bits per heavy atom. The highest BCUT2D eigenvalue weighted by Gasteiger charge is 2.45. The van der Waals surface area contributed by atoms with Gasteiger partial charge in [-0.2, -0.15) is 0 Å². The van der Waals surface area contributed by atoms with Crippen LogP contribution in [0.3, 0.4) is 0 Å². The van der Waals surface area contributed by atoms with Crippen LogP contribution in [-0.2, 0) is 4.74 Å². The van der Waals surface area contributed by atoms with E-state index in [2.05, 4.69) is 15.0 Å². The van der Waals surface area contributed by atoms with Gasteiger partial charge in [-0.3, -0.25) is 5.41 Å². The van der Waals surface area contributed by atoms with Crippen LogP contribution >= 0.6 is 0 Å². The van der Waals surface area contributed by atoms with Crippen molar-refractivity contribution in [1.82, 2.24) is 19.7 Å². The topological polar surface area (TPSA) is 140 Å². The molecule has 0 aromatic carbocycles. The molecule has 0 amide bonds. The number of fused-ring (bicyclic) bond motifs is 1. The number of aliphatic hydroxyl groups is 3. The Kier molecular flexibility index (Phi) is 3.01. The zero-order valence-electron chi connectivity index (χ0n) is 10.1. The molecule has 1 aliphatic heterocycles. The molecule has 0 saturated carbocycles. The number of nitrogens with zero attached hydrogens (tertiary/aromatic N) is 3. The van der Waals surface area contributed by atoms with Gasteiger partial charge in [0.2, 0.25) is 0 Å². The molecule has 1 saturated heterocycles. The Labute approximate surface area is 110 Å². The lowest BCUT2D eigenvalue weighted by atomic mass is 10.1. The quantitative estimate of drug-likeness (QED) is 0.437. The Hall–Kier alpha value is -1.88. The van der Waals surface area contributed by atoms with E-state index < -0.39 is 36.8 Å². The van der Waals surface area contributed by atoms with E-state index in [1.807, 2.05) is 0 Å². The number of imidazole rings is 1. The number of ether oxygens (including phenoxy) is 1. The smallest absolute Gasteiger partial charge is 0.193 e. The van der Waals surface area contributed by atoms with Crippen LogP contribution in [0.15, 0.2) is 6.33 Å². The third-order valence-electron chi connectivity index (χ3n) is 3.27. The van der Waals surface area contributed by atoms with Gasteiger partial charge in [-0.25, -0.2) is 9.97 Å². The molecule has 9 nitrogen and oxygen atoms in total. The molecule has 0 radical (unpaired) electrons. The first-order valence-corrected chi connectivity index (χ1v) is 5.83. The largest absolute Gasteiger partial charge is 0.394 e. The summed E-state index contributed by atoms with van der Waals surface area (Å²) in [6, 6.07) is 0. The number of nitrogens with one attached hydrogen (secondary N) is 2. The first-order chi connectivity index (χ1) is 9.54. The molecule has 0 aliphatic carbocycles. The van der Waals surface area contributed by atoms with Crippen LogP contribution in [0.5, 0.6) is 0 Å². The van der Waals surface area contributed by atoms with Crippen LogP contribution in [0.4, 0.5) is 4.48 Å². The van der Waals surface area contributed by atoms with Crippen molar-refractivity contribution in [3.05, 3.63) is 17.6 Å². The van der Waals surface area contributed by atoms with Crippen LogP contribution in [0.25, 0.3) is 11.2 Å². The molecule has 1 aliphatic rings. The molecule has 3 rings (SSSR count). The summed E-state index contributed by atoms with van der Waals surface area (Å²) in [7, 11) is 0. The molecule has 5 N–H and O–H groups in total. The molecule has 4 atom stereocenters. The minimum atomic E-state index is -1.46. The maximum atomic E-state index is 14.2. The summed E-state index contributed by atoms with van der Waals surface area (Å²) in [4.78, 5) is 10.1. The van der Waals surface area contributed by atoms with Crippen molar-refractivity contribution in [2.45, 2.75) is 24.4 Å². The van der Waals surface area contributed by atoms with Gasteiger partial charge < -0.3 is 25.0 Å². The van der Waals surface area contributed by atoms with E-state index in [0.717, 1.165) is 0 Å². The standard InChI is InChI=1S/C10H12FN5O4/c11-16-9-4(13-2-14-9)8(12)15-10(16)7-6(19)5(18)3(1-17)20-7/h2-3,5-7,12,17-19H,1H2,(H,13,14)/t3-,5-,6+,7?/m1/s1. The Morgan fingerprint density at radius 3 is 2.85 bits per heavy atom. The monoisotopic (exact) mass is 285 g/mol. The maximum Gasteiger partial charge on any atom is 0.193 e. The van der Waals surface area contributed by atoms with Gasteiger partial charge in [0, 0.05) is 0 Å². The van der Waals surface area contributed by atoms with Gasteiger partial charge in [-0.15, -0.1) is 4.79 Å². The highest BCUT2D eigenvalue weighted by atomic mass is 19.2. The van der Waals surface area contributed by atoms with Gasteiger partial charge in [0.05, 0.1) is 12.9 Å². The first kappa shape index (κ1) is 13.1. The van der Waals surface area contributed by atoms with Crippen molar-refractivity contribution in [1.29, 1.82) is 5.41 Å². The third kappa shape index (κ3) is 1.73. The van der Waals surface area contributed by atoms with Crippen molar-refractivity contribution >= 4 is 11.2 Å². The van der Waals surface area contributed by atoms with Gasteiger partial charge >= 0.3 is 0 Å². The average molecular weight is 285 g/mol. The van der Waals surface area contributed by atoms with Crippen molar-refractivity contribution < 1.29 is 24.5 Å². The lowest BCUT2D eigenvalue weighted by Crippen LogP contribution is -2.33. The van der Waals surface area contributed by atoms with E-state index in [9.17, 15) is 14.7 Å². The molecule has 2 aromatic rings. The Bertz CT molecular complexity index is 701. The van der Waals surface area contributed by atoms with Crippen molar-refractivity contribution in [2.75, 3.05) is 6.61 Å². The van der Waals surface area contributed by atoms with Gasteiger partial charge in [-0.05, 0) is 0 Å². The minimum absolute atomic E-state index is 0.0875. The first-order valence-electron chi connectivity index (χ1n) is 5.83. The van der Waals surface area contributed by atoms with E-state index in [-0.39, 0.29) is 21.4 Å². The van der Waals surface area contributed by atoms with Gasteiger partial charge in [0.25, 0.3) is 0 Å². The lowest BCUT2D eigenvalue weighted by Gasteiger charge is -2.15. The normalized spacial score (nSPS) is 30.2. The van der Waals surface area contributed by atoms with E-state index in [1.54, 1.807) is 0 Å². The minimum Gasteiger partial charge on any atom is -0.394 e. The number of hydrogen-bond acceptors (Lipinski definition) is 7. The van der Waals surface area contributed by atoms with Gasteiger partial charge in [0.1, 0.15) is 29.9 Å². The van der Waals surface area contributed by atoms with Crippen molar-refractivity contribution in [3.63, 3.8) is 0 Å². The van der Waals surface area contributed by atoms with E-state index in [0.29, 0.717) is 0 Å². The van der Waals surface area contributed by atoms with Crippen LogP contribution in [-0.4, -0.2) is 60.0 Å². The predicted octanol–water partition coefficient (Wildman–Crippen LogP) is -1.87. The number of rotatable bonds is 2. The molecule has 1 fully saturated rings. The molecule has 3 heterocycles. The Morgan fingerprint density at radius 1 is 1.45 bits per heavy atom. The summed E-state index contributed by atoms with van der Waals surface area (Å²) >= 11 is 0. The summed E-state index contributed by atoms with van der Waals surface area (Å²) < 4.78 is 19.4. The number of halogens is 1. The summed E-state index contributed by atoms with van der Waals surface area (Å²) in [6.45, 7) is -0.528. The SMILES string of the molecule is N=c1nc(C2O[C@H](CO)[C@@H](O)[C@@H]2O)n(F)c2nc[nH]c12. The van der Waals surface area contributed by atoms with Crippen molar-refractivity contribution in [3.8, 4) is 0 Å². The van der Waals surface area contributed by atoms with E-state index in [1.165, 1.54) is 6.33 Å². The number of aromatic amines is 1. The fourth-order valence-electron chi connectivity index (χ4n) is 2.22. The van der Waals surface area contributed by atoms with Crippen LogP contribution < -0.4 is 5.49 Å². The molecule has 2 aromatic heterocycles. The number of H-pyrrole nitrogens is 1. The second-order valence-electron chi connectivity index (χ2n) is 4.46. The zero-order chi connectivity index (χ0) is 14.4. The van der Waals surface area contributed by atoms with Crippen LogP contribution in [0.2, 0.25) is 0 Å². The second kappa shape index (κ2) is 4.59.